The van der Waals surface area contributed by atoms with Gasteiger partial charge < -0.3 is 14.4 Å². The highest BCUT2D eigenvalue weighted by molar-refractivity contribution is 5.79. The van der Waals surface area contributed by atoms with Crippen molar-refractivity contribution in [3.05, 3.63) is 71.8 Å². The molecule has 1 heterocycles. The number of benzene rings is 2. The van der Waals surface area contributed by atoms with Crippen LogP contribution in [0.4, 0.5) is 4.79 Å². The Kier molecular flexibility index (Phi) is 8.03. The van der Waals surface area contributed by atoms with Crippen LogP contribution in [0.5, 0.6) is 0 Å². The van der Waals surface area contributed by atoms with E-state index < -0.39 is 17.1 Å². The predicted octanol–water partition coefficient (Wildman–Crippen LogP) is 5.44. The lowest BCUT2D eigenvalue weighted by Crippen LogP contribution is -2.61. The van der Waals surface area contributed by atoms with Gasteiger partial charge in [-0.15, -0.1) is 0 Å². The van der Waals surface area contributed by atoms with E-state index in [0.29, 0.717) is 19.5 Å². The summed E-state index contributed by atoms with van der Waals surface area (Å²) in [6, 6.07) is 20.5. The Morgan fingerprint density at radius 3 is 2.24 bits per heavy atom. The summed E-state index contributed by atoms with van der Waals surface area (Å²) in [5, 5.41) is 0. The van der Waals surface area contributed by atoms with Gasteiger partial charge in [-0.05, 0) is 52.2 Å². The minimum Gasteiger partial charge on any atom is -0.469 e. The number of carbonyl (C=O) groups excluding carboxylic acids is 2. The van der Waals surface area contributed by atoms with Gasteiger partial charge in [0.15, 0.2) is 0 Å². The maximum atomic E-state index is 13.2. The van der Waals surface area contributed by atoms with Gasteiger partial charge in [0.25, 0.3) is 0 Å². The molecule has 0 spiro atoms. The Balaban J connectivity index is 1.97. The molecule has 0 radical (unpaired) electrons. The van der Waals surface area contributed by atoms with Crippen molar-refractivity contribution in [1.29, 1.82) is 0 Å². The van der Waals surface area contributed by atoms with Gasteiger partial charge >= 0.3 is 12.1 Å². The van der Waals surface area contributed by atoms with Gasteiger partial charge in [0.2, 0.25) is 0 Å². The third-order valence-corrected chi connectivity index (χ3v) is 6.62. The molecule has 0 bridgehead atoms. The van der Waals surface area contributed by atoms with Crippen LogP contribution in [0, 0.1) is 5.41 Å². The molecule has 3 atom stereocenters. The van der Waals surface area contributed by atoms with Crippen LogP contribution in [0.15, 0.2) is 60.7 Å². The highest BCUT2D eigenvalue weighted by Crippen LogP contribution is 2.40. The predicted molar refractivity (Wildman–Crippen MR) is 133 cm³/mol. The molecule has 0 saturated carbocycles. The first-order chi connectivity index (χ1) is 16.0. The summed E-state index contributed by atoms with van der Waals surface area (Å²) in [6.07, 6.45) is 0.237. The van der Waals surface area contributed by atoms with Crippen molar-refractivity contribution in [3.63, 3.8) is 0 Å². The second-order valence-corrected chi connectivity index (χ2v) is 10.4. The van der Waals surface area contributed by atoms with Crippen molar-refractivity contribution in [2.75, 3.05) is 20.2 Å². The fourth-order valence-corrected chi connectivity index (χ4v) is 4.86. The normalized spacial score (nSPS) is 21.7. The van der Waals surface area contributed by atoms with Crippen molar-refractivity contribution >= 4 is 12.1 Å². The summed E-state index contributed by atoms with van der Waals surface area (Å²) < 4.78 is 10.9. The van der Waals surface area contributed by atoms with Crippen molar-refractivity contribution in [2.24, 2.45) is 5.41 Å². The van der Waals surface area contributed by atoms with Gasteiger partial charge in [-0.1, -0.05) is 60.7 Å². The van der Waals surface area contributed by atoms with Crippen LogP contribution in [0.3, 0.4) is 0 Å². The van der Waals surface area contributed by atoms with Gasteiger partial charge in [0.1, 0.15) is 5.60 Å². The van der Waals surface area contributed by atoms with Crippen LogP contribution in [0.25, 0.3) is 0 Å². The molecule has 3 rings (SSSR count). The van der Waals surface area contributed by atoms with Crippen LogP contribution in [0.1, 0.15) is 58.2 Å². The van der Waals surface area contributed by atoms with Gasteiger partial charge in [-0.3, -0.25) is 9.69 Å². The Labute approximate surface area is 203 Å². The Bertz CT molecular complexity index is 957. The summed E-state index contributed by atoms with van der Waals surface area (Å²) in [5.74, 6) is -0.316. The average Bonchev–Trinajstić information content (AvgIpc) is 2.82. The molecule has 1 aliphatic heterocycles. The molecule has 34 heavy (non-hydrogen) atoms. The van der Waals surface area contributed by atoms with Crippen LogP contribution < -0.4 is 0 Å². The zero-order valence-corrected chi connectivity index (χ0v) is 21.3. The number of hydrogen-bond acceptors (Lipinski definition) is 5. The number of nitrogens with zero attached hydrogens (tertiary/aromatic N) is 2. The molecular formula is C28H38N2O4. The van der Waals surface area contributed by atoms with Crippen molar-refractivity contribution in [3.8, 4) is 0 Å². The van der Waals surface area contributed by atoms with Crippen LogP contribution in [-0.4, -0.2) is 53.7 Å². The topological polar surface area (TPSA) is 59.1 Å². The fourth-order valence-electron chi connectivity index (χ4n) is 4.86. The lowest BCUT2D eigenvalue weighted by molar-refractivity contribution is -0.162. The van der Waals surface area contributed by atoms with E-state index in [4.69, 9.17) is 9.47 Å². The van der Waals surface area contributed by atoms with Crippen molar-refractivity contribution < 1.29 is 19.1 Å². The SMILES string of the molecule is COC(=O)[C@@]1(C)CN(C(=O)OC(C)(C)C)CC[C@H]1N(Cc1ccccc1)[C@H](C)c1ccccc1. The lowest BCUT2D eigenvalue weighted by atomic mass is 9.75. The number of amides is 1. The summed E-state index contributed by atoms with van der Waals surface area (Å²) in [5.41, 5.74) is 0.839. The first-order valence-corrected chi connectivity index (χ1v) is 12.0. The average molecular weight is 467 g/mol. The highest BCUT2D eigenvalue weighted by atomic mass is 16.6. The highest BCUT2D eigenvalue weighted by Gasteiger charge is 2.51. The monoisotopic (exact) mass is 466 g/mol. The number of rotatable bonds is 6. The van der Waals surface area contributed by atoms with E-state index in [1.807, 2.05) is 64.1 Å². The minimum atomic E-state index is -0.915. The van der Waals surface area contributed by atoms with Gasteiger partial charge in [0, 0.05) is 31.7 Å². The smallest absolute Gasteiger partial charge is 0.410 e. The van der Waals surface area contributed by atoms with E-state index in [0.717, 1.165) is 0 Å². The summed E-state index contributed by atoms with van der Waals surface area (Å²) in [6.45, 7) is 11.1. The van der Waals surface area contributed by atoms with E-state index >= 15 is 0 Å². The molecule has 0 unspecified atom stereocenters. The molecule has 1 amide bonds. The molecule has 1 saturated heterocycles. The Hall–Kier alpha value is -2.86. The summed E-state index contributed by atoms with van der Waals surface area (Å²) in [7, 11) is 1.42. The number of piperidine rings is 1. The third kappa shape index (κ3) is 5.98. The largest absolute Gasteiger partial charge is 0.469 e. The van der Waals surface area contributed by atoms with Crippen molar-refractivity contribution in [1.82, 2.24) is 9.80 Å². The molecule has 2 aromatic rings. The molecule has 1 aliphatic rings. The molecule has 6 heteroatoms. The molecule has 1 fully saturated rings. The van der Waals surface area contributed by atoms with E-state index in [2.05, 4.69) is 36.1 Å². The quantitative estimate of drug-likeness (QED) is 0.531. The summed E-state index contributed by atoms with van der Waals surface area (Å²) >= 11 is 0. The molecular weight excluding hydrogens is 428 g/mol. The maximum Gasteiger partial charge on any atom is 0.410 e. The number of ether oxygens (including phenoxy) is 2. The molecule has 0 aliphatic carbocycles. The second-order valence-electron chi connectivity index (χ2n) is 10.4. The number of hydrogen-bond donors (Lipinski definition) is 0. The molecule has 0 aromatic heterocycles. The number of carbonyl (C=O) groups is 2. The van der Waals surface area contributed by atoms with Crippen LogP contribution >= 0.6 is 0 Å². The van der Waals surface area contributed by atoms with E-state index in [-0.39, 0.29) is 24.6 Å². The molecule has 6 nitrogen and oxygen atoms in total. The standard InChI is InChI=1S/C28H38N2O4/c1-21(23-15-11-8-12-16-23)30(19-22-13-9-7-10-14-22)24-17-18-29(26(32)34-27(2,3)4)20-28(24,5)25(31)33-6/h7-16,21,24H,17-20H2,1-6H3/t21-,24-,28+/m1/s1. The Morgan fingerprint density at radius 1 is 1.09 bits per heavy atom. The fraction of sp³-hybridized carbons (Fsp3) is 0.500. The number of methoxy groups -OCH3 is 1. The zero-order chi connectivity index (χ0) is 24.9. The molecule has 184 valence electrons. The van der Waals surface area contributed by atoms with E-state index in [9.17, 15) is 9.59 Å². The minimum absolute atomic E-state index is 0.0588. The number of likely N-dealkylation sites (tertiary alicyclic amines) is 1. The second kappa shape index (κ2) is 10.6. The van der Waals surface area contributed by atoms with E-state index in [1.54, 1.807) is 4.90 Å². The molecule has 2 aromatic carbocycles. The third-order valence-electron chi connectivity index (χ3n) is 6.62. The van der Waals surface area contributed by atoms with Crippen LogP contribution in [0.2, 0.25) is 0 Å². The van der Waals surface area contributed by atoms with Crippen molar-refractivity contribution in [2.45, 2.75) is 65.3 Å². The van der Waals surface area contributed by atoms with Gasteiger partial charge in [-0.25, -0.2) is 4.79 Å². The van der Waals surface area contributed by atoms with E-state index in [1.165, 1.54) is 18.2 Å². The van der Waals surface area contributed by atoms with Gasteiger partial charge in [0.05, 0.1) is 12.5 Å². The first kappa shape index (κ1) is 25.8. The Morgan fingerprint density at radius 2 is 1.68 bits per heavy atom. The maximum absolute atomic E-state index is 13.2. The molecule has 0 N–H and O–H groups in total. The first-order valence-electron chi connectivity index (χ1n) is 12.0. The lowest BCUT2D eigenvalue weighted by Gasteiger charge is -2.50. The number of esters is 1. The summed E-state index contributed by atoms with van der Waals surface area (Å²) in [4.78, 5) is 30.1. The van der Waals surface area contributed by atoms with Gasteiger partial charge in [-0.2, -0.15) is 0 Å². The van der Waals surface area contributed by atoms with Crippen LogP contribution in [-0.2, 0) is 20.8 Å². The zero-order valence-electron chi connectivity index (χ0n) is 21.3.